The molecular weight excluding hydrogens is 481 g/mol. The lowest BCUT2D eigenvalue weighted by Crippen LogP contribution is -2.38. The minimum Gasteiger partial charge on any atom is -0.466 e. The highest BCUT2D eigenvalue weighted by Gasteiger charge is 2.09. The Balaban J connectivity index is 0.00000784. The Kier molecular flexibility index (Phi) is 17.8. The molecule has 0 fully saturated rings. The van der Waals surface area contributed by atoms with Gasteiger partial charge in [-0.1, -0.05) is 49.6 Å². The van der Waals surface area contributed by atoms with E-state index in [-0.39, 0.29) is 42.5 Å². The lowest BCUT2D eigenvalue weighted by molar-refractivity contribution is -0.143. The van der Waals surface area contributed by atoms with Crippen molar-refractivity contribution in [2.75, 3.05) is 32.8 Å². The van der Waals surface area contributed by atoms with Crippen molar-refractivity contribution in [1.29, 1.82) is 0 Å². The third-order valence-corrected chi connectivity index (χ3v) is 4.46. The summed E-state index contributed by atoms with van der Waals surface area (Å²) in [5, 5.41) is 16.3. The summed E-state index contributed by atoms with van der Waals surface area (Å²) in [6, 6.07) is 10.00. The molecule has 6 nitrogen and oxygen atoms in total. The molecule has 0 aliphatic rings. The van der Waals surface area contributed by atoms with E-state index < -0.39 is 0 Å². The highest BCUT2D eigenvalue weighted by atomic mass is 127. The molecule has 1 aromatic rings. The van der Waals surface area contributed by atoms with Gasteiger partial charge in [-0.25, -0.2) is 0 Å². The van der Waals surface area contributed by atoms with Gasteiger partial charge in [0, 0.05) is 25.4 Å². The Labute approximate surface area is 192 Å². The second kappa shape index (κ2) is 18.7. The maximum absolute atomic E-state index is 11.3. The van der Waals surface area contributed by atoms with Crippen molar-refractivity contribution in [3.05, 3.63) is 35.9 Å². The second-order valence-electron chi connectivity index (χ2n) is 6.76. The van der Waals surface area contributed by atoms with Crippen LogP contribution in [0.15, 0.2) is 35.3 Å². The number of nitrogens with zero attached hydrogens (tertiary/aromatic N) is 1. The van der Waals surface area contributed by atoms with Gasteiger partial charge in [-0.2, -0.15) is 0 Å². The first-order valence-electron chi connectivity index (χ1n) is 10.5. The molecule has 0 spiro atoms. The zero-order valence-corrected chi connectivity index (χ0v) is 20.2. The summed E-state index contributed by atoms with van der Waals surface area (Å²) in [5.41, 5.74) is 1.10. The van der Waals surface area contributed by atoms with Crippen LogP contribution in [0.3, 0.4) is 0 Å². The molecule has 29 heavy (non-hydrogen) atoms. The normalized spacial score (nSPS) is 12.0. The Morgan fingerprint density at radius 2 is 1.76 bits per heavy atom. The molecule has 0 saturated heterocycles. The van der Waals surface area contributed by atoms with E-state index in [1.54, 1.807) is 0 Å². The summed E-state index contributed by atoms with van der Waals surface area (Å²) in [4.78, 5) is 15.9. The molecule has 0 heterocycles. The van der Waals surface area contributed by atoms with Crippen LogP contribution in [0.1, 0.15) is 63.9 Å². The van der Waals surface area contributed by atoms with Crippen molar-refractivity contribution in [2.24, 2.45) is 4.99 Å². The van der Waals surface area contributed by atoms with Crippen LogP contribution in [0.5, 0.6) is 0 Å². The number of carbonyl (C=O) groups is 1. The van der Waals surface area contributed by atoms with Gasteiger partial charge in [0.1, 0.15) is 0 Å². The van der Waals surface area contributed by atoms with Crippen LogP contribution in [0, 0.1) is 0 Å². The number of unbranched alkanes of at least 4 members (excludes halogenated alkanes) is 4. The van der Waals surface area contributed by atoms with Crippen molar-refractivity contribution < 1.29 is 14.6 Å². The van der Waals surface area contributed by atoms with Gasteiger partial charge >= 0.3 is 5.97 Å². The third kappa shape index (κ3) is 13.5. The van der Waals surface area contributed by atoms with Crippen molar-refractivity contribution in [1.82, 2.24) is 10.6 Å². The predicted octanol–water partition coefficient (Wildman–Crippen LogP) is 3.84. The van der Waals surface area contributed by atoms with E-state index in [0.717, 1.165) is 56.7 Å². The molecule has 0 saturated carbocycles. The van der Waals surface area contributed by atoms with Gasteiger partial charge in [0.15, 0.2) is 5.96 Å². The zero-order valence-electron chi connectivity index (χ0n) is 17.9. The molecule has 3 N–H and O–H groups in total. The molecule has 1 unspecified atom stereocenters. The number of aliphatic hydroxyl groups excluding tert-OH is 1. The summed E-state index contributed by atoms with van der Waals surface area (Å²) in [6.45, 7) is 6.63. The number of benzene rings is 1. The lowest BCUT2D eigenvalue weighted by atomic mass is 10.0. The number of rotatable bonds is 14. The summed E-state index contributed by atoms with van der Waals surface area (Å²) >= 11 is 0. The van der Waals surface area contributed by atoms with E-state index in [4.69, 9.17) is 4.74 Å². The Bertz CT molecular complexity index is 555. The van der Waals surface area contributed by atoms with E-state index in [0.29, 0.717) is 19.6 Å². The largest absolute Gasteiger partial charge is 0.466 e. The van der Waals surface area contributed by atoms with Crippen LogP contribution >= 0.6 is 24.0 Å². The number of hydrogen-bond acceptors (Lipinski definition) is 4. The maximum Gasteiger partial charge on any atom is 0.305 e. The van der Waals surface area contributed by atoms with Crippen molar-refractivity contribution in [3.8, 4) is 0 Å². The molecule has 0 aromatic heterocycles. The predicted molar refractivity (Wildman–Crippen MR) is 130 cm³/mol. The van der Waals surface area contributed by atoms with Crippen LogP contribution in [-0.2, 0) is 9.53 Å². The molecule has 1 aromatic carbocycles. The number of guanidine groups is 1. The number of aliphatic hydroxyl groups is 1. The fraction of sp³-hybridized carbons (Fsp3) is 0.636. The van der Waals surface area contributed by atoms with Crippen molar-refractivity contribution in [3.63, 3.8) is 0 Å². The first-order valence-corrected chi connectivity index (χ1v) is 10.5. The van der Waals surface area contributed by atoms with Gasteiger partial charge in [0.25, 0.3) is 0 Å². The van der Waals surface area contributed by atoms with E-state index in [9.17, 15) is 9.90 Å². The number of esters is 1. The van der Waals surface area contributed by atoms with Crippen LogP contribution in [0.4, 0.5) is 0 Å². The highest BCUT2D eigenvalue weighted by molar-refractivity contribution is 14.0. The average molecular weight is 519 g/mol. The first kappa shape index (κ1) is 27.6. The number of aliphatic imine (C=N–C) groups is 1. The van der Waals surface area contributed by atoms with Crippen LogP contribution in [0.25, 0.3) is 0 Å². The first-order chi connectivity index (χ1) is 13.7. The minimum atomic E-state index is -0.0904. The molecule has 0 aliphatic carbocycles. The van der Waals surface area contributed by atoms with Gasteiger partial charge in [-0.05, 0) is 32.3 Å². The van der Waals surface area contributed by atoms with Gasteiger partial charge in [-0.15, -0.1) is 24.0 Å². The second-order valence-corrected chi connectivity index (χ2v) is 6.76. The fourth-order valence-corrected chi connectivity index (χ4v) is 2.90. The average Bonchev–Trinajstić information content (AvgIpc) is 2.71. The molecule has 1 rings (SSSR count). The van der Waals surface area contributed by atoms with E-state index in [1.165, 1.54) is 0 Å². The molecule has 0 aliphatic heterocycles. The Morgan fingerprint density at radius 1 is 1.07 bits per heavy atom. The molecule has 0 radical (unpaired) electrons. The summed E-state index contributed by atoms with van der Waals surface area (Å²) in [5.74, 6) is 0.711. The monoisotopic (exact) mass is 519 g/mol. The van der Waals surface area contributed by atoms with Crippen molar-refractivity contribution >= 4 is 35.9 Å². The molecule has 0 amide bonds. The van der Waals surface area contributed by atoms with E-state index in [1.807, 2.05) is 44.2 Å². The van der Waals surface area contributed by atoms with Crippen molar-refractivity contribution in [2.45, 2.75) is 58.3 Å². The van der Waals surface area contributed by atoms with Gasteiger partial charge in [0.05, 0.1) is 19.8 Å². The molecule has 166 valence electrons. The van der Waals surface area contributed by atoms with Crippen LogP contribution < -0.4 is 10.6 Å². The van der Waals surface area contributed by atoms with Crippen LogP contribution in [0.2, 0.25) is 0 Å². The minimum absolute atomic E-state index is 0. The molecular formula is C22H38IN3O3. The van der Waals surface area contributed by atoms with E-state index >= 15 is 0 Å². The summed E-state index contributed by atoms with van der Waals surface area (Å²) in [7, 11) is 0. The fourth-order valence-electron chi connectivity index (χ4n) is 2.90. The van der Waals surface area contributed by atoms with Gasteiger partial charge in [-0.3, -0.25) is 9.79 Å². The summed E-state index contributed by atoms with van der Waals surface area (Å²) in [6.07, 6.45) is 5.79. The zero-order chi connectivity index (χ0) is 20.5. The van der Waals surface area contributed by atoms with E-state index in [2.05, 4.69) is 15.6 Å². The Morgan fingerprint density at radius 3 is 2.41 bits per heavy atom. The van der Waals surface area contributed by atoms with Crippen LogP contribution in [-0.4, -0.2) is 49.9 Å². The highest BCUT2D eigenvalue weighted by Crippen LogP contribution is 2.14. The number of ether oxygens (including phenoxy) is 1. The molecule has 7 heteroatoms. The summed E-state index contributed by atoms with van der Waals surface area (Å²) < 4.78 is 4.93. The SMILES string of the molecule is CCNC(=NCC(CO)c1ccccc1)NCCCCCCCC(=O)OCC.I. The molecule has 0 bridgehead atoms. The quantitative estimate of drug-likeness (QED) is 0.114. The smallest absolute Gasteiger partial charge is 0.305 e. The Hall–Kier alpha value is -1.35. The topological polar surface area (TPSA) is 83.0 Å². The standard InChI is InChI=1S/C22H37N3O3.HI/c1-3-23-22(25-17-20(18-26)19-13-9-8-10-14-19)24-16-12-7-5-6-11-15-21(27)28-4-2;/h8-10,13-14,20,26H,3-7,11-12,15-18H2,1-2H3,(H2,23,24,25);1H. The lowest BCUT2D eigenvalue weighted by Gasteiger charge is -2.15. The van der Waals surface area contributed by atoms with Gasteiger partial charge < -0.3 is 20.5 Å². The molecule has 1 atom stereocenters. The van der Waals surface area contributed by atoms with Gasteiger partial charge in [0.2, 0.25) is 0 Å². The number of carbonyl (C=O) groups excluding carboxylic acids is 1. The third-order valence-electron chi connectivity index (χ3n) is 4.46. The number of nitrogens with one attached hydrogen (secondary N) is 2. The maximum atomic E-state index is 11.3. The number of halogens is 1. The number of hydrogen-bond donors (Lipinski definition) is 3.